The number of benzene rings is 1. The van der Waals surface area contributed by atoms with Crippen molar-refractivity contribution in [2.24, 2.45) is 0 Å². The monoisotopic (exact) mass is 288 g/mol. The van der Waals surface area contributed by atoms with Gasteiger partial charge in [0, 0.05) is 5.02 Å². The molecule has 0 N–H and O–H groups in total. The fourth-order valence-electron chi connectivity index (χ4n) is 0.936. The molecule has 0 aliphatic rings. The van der Waals surface area contributed by atoms with Crippen LogP contribution in [0.1, 0.15) is 5.56 Å². The molecule has 1 aromatic rings. The molecule has 8 heteroatoms. The molecule has 100 valence electrons. The summed E-state index contributed by atoms with van der Waals surface area (Å²) in [7, 11) is 0. The number of hydrogen-bond acceptors (Lipinski definition) is 2. The number of ether oxygens (including phenoxy) is 1. The predicted octanol–water partition coefficient (Wildman–Crippen LogP) is 3.58. The second-order valence-electron chi connectivity index (χ2n) is 3.27. The van der Waals surface area contributed by atoms with Crippen LogP contribution in [0.25, 0.3) is 0 Å². The zero-order valence-corrected chi connectivity index (χ0v) is 9.36. The molecule has 18 heavy (non-hydrogen) atoms. The Morgan fingerprint density at radius 3 is 2.06 bits per heavy atom. The van der Waals surface area contributed by atoms with E-state index in [0.717, 1.165) is 0 Å². The van der Waals surface area contributed by atoms with Crippen molar-refractivity contribution >= 4 is 17.6 Å². The van der Waals surface area contributed by atoms with Gasteiger partial charge in [0.15, 0.2) is 0 Å². The van der Waals surface area contributed by atoms with E-state index in [4.69, 9.17) is 11.6 Å². The summed E-state index contributed by atoms with van der Waals surface area (Å²) in [5, 5.41) is 0.352. The van der Waals surface area contributed by atoms with Gasteiger partial charge in [-0.25, -0.2) is 4.79 Å². The molecular weight excluding hydrogens is 283 g/mol. The zero-order valence-electron chi connectivity index (χ0n) is 8.60. The van der Waals surface area contributed by atoms with E-state index in [0.29, 0.717) is 5.02 Å². The van der Waals surface area contributed by atoms with Gasteiger partial charge < -0.3 is 4.74 Å². The molecule has 0 amide bonds. The summed E-state index contributed by atoms with van der Waals surface area (Å²) < 4.78 is 64.2. The SMILES string of the molecule is O=C(OCc1ccc(Cl)cc1)C(F)(F)C(F)(F)F. The van der Waals surface area contributed by atoms with Crippen LogP contribution in [0.2, 0.25) is 5.02 Å². The largest absolute Gasteiger partial charge is 0.465 e. The first-order valence-corrected chi connectivity index (χ1v) is 4.88. The maximum absolute atomic E-state index is 12.5. The van der Waals surface area contributed by atoms with Gasteiger partial charge in [0.25, 0.3) is 0 Å². The molecule has 1 aromatic carbocycles. The minimum absolute atomic E-state index is 0.241. The van der Waals surface area contributed by atoms with Crippen LogP contribution in [0.3, 0.4) is 0 Å². The summed E-state index contributed by atoms with van der Waals surface area (Å²) >= 11 is 5.53. The van der Waals surface area contributed by atoms with Gasteiger partial charge in [-0.3, -0.25) is 0 Å². The Morgan fingerprint density at radius 2 is 1.61 bits per heavy atom. The molecule has 0 unspecified atom stereocenters. The maximum atomic E-state index is 12.5. The minimum atomic E-state index is -5.97. The van der Waals surface area contributed by atoms with Crippen LogP contribution in [0, 0.1) is 0 Å². The third-order valence-electron chi connectivity index (χ3n) is 1.90. The average molecular weight is 289 g/mol. The Balaban J connectivity index is 2.64. The van der Waals surface area contributed by atoms with Crippen LogP contribution in [0.4, 0.5) is 22.0 Å². The number of esters is 1. The van der Waals surface area contributed by atoms with Crippen molar-refractivity contribution in [2.75, 3.05) is 0 Å². The molecule has 0 saturated heterocycles. The highest BCUT2D eigenvalue weighted by Gasteiger charge is 2.64. The molecule has 0 spiro atoms. The van der Waals surface area contributed by atoms with Gasteiger partial charge in [0.05, 0.1) is 0 Å². The van der Waals surface area contributed by atoms with Crippen molar-refractivity contribution in [1.82, 2.24) is 0 Å². The van der Waals surface area contributed by atoms with Crippen LogP contribution in [0.15, 0.2) is 24.3 Å². The first kappa shape index (κ1) is 14.7. The Bertz CT molecular complexity index is 427. The van der Waals surface area contributed by atoms with E-state index in [1.165, 1.54) is 24.3 Å². The lowest BCUT2D eigenvalue weighted by atomic mass is 10.2. The van der Waals surface area contributed by atoms with E-state index >= 15 is 0 Å². The highest BCUT2D eigenvalue weighted by atomic mass is 35.5. The van der Waals surface area contributed by atoms with Gasteiger partial charge in [-0.1, -0.05) is 23.7 Å². The Labute approximate surface area is 103 Å². The third kappa shape index (κ3) is 3.32. The summed E-state index contributed by atoms with van der Waals surface area (Å²) in [5.41, 5.74) is 0.241. The van der Waals surface area contributed by atoms with Crippen molar-refractivity contribution in [2.45, 2.75) is 18.7 Å². The second kappa shape index (κ2) is 5.09. The van der Waals surface area contributed by atoms with Crippen molar-refractivity contribution in [3.05, 3.63) is 34.9 Å². The Morgan fingerprint density at radius 1 is 1.11 bits per heavy atom. The Hall–Kier alpha value is -1.37. The van der Waals surface area contributed by atoms with Crippen LogP contribution >= 0.6 is 11.6 Å². The minimum Gasteiger partial charge on any atom is -0.456 e. The Kier molecular flexibility index (Phi) is 4.16. The predicted molar refractivity (Wildman–Crippen MR) is 52.3 cm³/mol. The smallest absolute Gasteiger partial charge is 0.456 e. The summed E-state index contributed by atoms with van der Waals surface area (Å²) in [6.45, 7) is -0.693. The molecule has 0 heterocycles. The normalized spacial score (nSPS) is 12.3. The average Bonchev–Trinajstić information content (AvgIpc) is 2.26. The molecule has 0 aliphatic heterocycles. The number of carbonyl (C=O) groups excluding carboxylic acids is 1. The molecule has 0 radical (unpaired) electrons. The van der Waals surface area contributed by atoms with Crippen LogP contribution in [0.5, 0.6) is 0 Å². The standard InChI is InChI=1S/C10H6ClF5O2/c11-7-3-1-6(2-4-7)5-18-8(17)9(12,13)10(14,15)16/h1-4H,5H2. The quantitative estimate of drug-likeness (QED) is 0.628. The van der Waals surface area contributed by atoms with Crippen molar-refractivity contribution in [1.29, 1.82) is 0 Å². The molecule has 0 atom stereocenters. The molecule has 2 nitrogen and oxygen atoms in total. The number of rotatable bonds is 3. The van der Waals surface area contributed by atoms with E-state index in [1.54, 1.807) is 0 Å². The second-order valence-corrected chi connectivity index (χ2v) is 3.71. The topological polar surface area (TPSA) is 26.3 Å². The van der Waals surface area contributed by atoms with Crippen LogP contribution in [-0.2, 0) is 16.1 Å². The lowest BCUT2D eigenvalue weighted by Crippen LogP contribution is -2.45. The van der Waals surface area contributed by atoms with Crippen molar-refractivity contribution in [3.8, 4) is 0 Å². The van der Waals surface area contributed by atoms with Gasteiger partial charge in [-0.2, -0.15) is 22.0 Å². The molecule has 0 fully saturated rings. The van der Waals surface area contributed by atoms with Gasteiger partial charge in [0.2, 0.25) is 0 Å². The highest BCUT2D eigenvalue weighted by Crippen LogP contribution is 2.36. The van der Waals surface area contributed by atoms with Crippen molar-refractivity contribution < 1.29 is 31.5 Å². The summed E-state index contributed by atoms with van der Waals surface area (Å²) in [4.78, 5) is 10.6. The fourth-order valence-corrected chi connectivity index (χ4v) is 1.06. The van der Waals surface area contributed by atoms with E-state index < -0.39 is 24.7 Å². The molecular formula is C10H6ClF5O2. The molecule has 0 aliphatic carbocycles. The number of halogens is 6. The van der Waals surface area contributed by atoms with Crippen LogP contribution in [-0.4, -0.2) is 18.1 Å². The molecule has 0 bridgehead atoms. The lowest BCUT2D eigenvalue weighted by Gasteiger charge is -2.17. The van der Waals surface area contributed by atoms with Gasteiger partial charge in [-0.05, 0) is 17.7 Å². The fraction of sp³-hybridized carbons (Fsp3) is 0.300. The van der Waals surface area contributed by atoms with E-state index in [1.807, 2.05) is 0 Å². The molecule has 0 saturated carbocycles. The molecule has 1 rings (SSSR count). The third-order valence-corrected chi connectivity index (χ3v) is 2.15. The molecule has 0 aromatic heterocycles. The first-order chi connectivity index (χ1) is 8.14. The van der Waals surface area contributed by atoms with Gasteiger partial charge in [-0.15, -0.1) is 0 Å². The first-order valence-electron chi connectivity index (χ1n) is 4.51. The number of alkyl halides is 5. The van der Waals surface area contributed by atoms with E-state index in [2.05, 4.69) is 4.74 Å². The number of hydrogen-bond donors (Lipinski definition) is 0. The van der Waals surface area contributed by atoms with Gasteiger partial charge >= 0.3 is 18.1 Å². The van der Waals surface area contributed by atoms with Gasteiger partial charge in [0.1, 0.15) is 6.61 Å². The van der Waals surface area contributed by atoms with E-state index in [-0.39, 0.29) is 5.56 Å². The number of carbonyl (C=O) groups is 1. The summed E-state index contributed by atoms with van der Waals surface area (Å²) in [6, 6.07) is 5.43. The highest BCUT2D eigenvalue weighted by molar-refractivity contribution is 6.30. The maximum Gasteiger partial charge on any atom is 0.465 e. The zero-order chi connectivity index (χ0) is 14.0. The summed E-state index contributed by atoms with van der Waals surface area (Å²) in [6.07, 6.45) is -5.97. The lowest BCUT2D eigenvalue weighted by molar-refractivity contribution is -0.281. The summed E-state index contributed by atoms with van der Waals surface area (Å²) in [5.74, 6) is -8.15. The van der Waals surface area contributed by atoms with Crippen molar-refractivity contribution in [3.63, 3.8) is 0 Å². The van der Waals surface area contributed by atoms with E-state index in [9.17, 15) is 26.7 Å². The van der Waals surface area contributed by atoms with Crippen LogP contribution < -0.4 is 0 Å².